The number of hydrogen-bond acceptors (Lipinski definition) is 4. The van der Waals surface area contributed by atoms with Gasteiger partial charge in [-0.25, -0.2) is 0 Å². The average molecular weight is 162 g/mol. The van der Waals surface area contributed by atoms with Gasteiger partial charge < -0.3 is 21.3 Å². The summed E-state index contributed by atoms with van der Waals surface area (Å²) in [6.45, 7) is 0. The van der Waals surface area contributed by atoms with Crippen molar-refractivity contribution in [3.63, 3.8) is 0 Å². The van der Waals surface area contributed by atoms with E-state index in [1.54, 1.807) is 0 Å². The van der Waals surface area contributed by atoms with E-state index in [4.69, 9.17) is 16.6 Å². The van der Waals surface area contributed by atoms with Crippen molar-refractivity contribution in [3.05, 3.63) is 0 Å². The summed E-state index contributed by atoms with van der Waals surface area (Å²) in [5, 5.41) is 8.32. The molecule has 0 aliphatic carbocycles. The van der Waals surface area contributed by atoms with Crippen LogP contribution in [0.3, 0.4) is 0 Å². The summed E-state index contributed by atoms with van der Waals surface area (Å²) in [6, 6.07) is -1.41. The van der Waals surface area contributed by atoms with Crippen LogP contribution in [0.4, 0.5) is 0 Å². The topological polar surface area (TPSA) is 116 Å². The number of nitrogens with two attached hydrogens (primary N) is 2. The summed E-state index contributed by atoms with van der Waals surface area (Å²) < 4.78 is 4.45. The van der Waals surface area contributed by atoms with Crippen LogP contribution in [0.1, 0.15) is 0 Å². The fourth-order valence-electron chi connectivity index (χ4n) is 0.569. The second kappa shape index (κ2) is 3.89. The Bertz CT molecular complexity index is 170. The van der Waals surface area contributed by atoms with Gasteiger partial charge in [0.1, 0.15) is 6.04 Å². The molecule has 0 bridgehead atoms. The number of methoxy groups -OCH3 is 1. The molecular formula is C5H10N2O4. The Labute approximate surface area is 63.1 Å². The molecule has 0 aromatic rings. The Kier molecular flexibility index (Phi) is 3.49. The Morgan fingerprint density at radius 1 is 1.55 bits per heavy atom. The van der Waals surface area contributed by atoms with Gasteiger partial charge in [0, 0.05) is 7.11 Å². The van der Waals surface area contributed by atoms with Gasteiger partial charge >= 0.3 is 5.97 Å². The molecule has 6 heteroatoms. The Morgan fingerprint density at radius 2 is 2.00 bits per heavy atom. The maximum Gasteiger partial charge on any atom is 0.323 e. The van der Waals surface area contributed by atoms with Crippen LogP contribution in [-0.2, 0) is 14.3 Å². The molecule has 0 fully saturated rings. The van der Waals surface area contributed by atoms with E-state index in [0.29, 0.717) is 0 Å². The molecule has 1 unspecified atom stereocenters. The van der Waals surface area contributed by atoms with Gasteiger partial charge in [-0.05, 0) is 0 Å². The van der Waals surface area contributed by atoms with Crippen LogP contribution in [0.25, 0.3) is 0 Å². The van der Waals surface area contributed by atoms with E-state index in [2.05, 4.69) is 4.74 Å². The van der Waals surface area contributed by atoms with Gasteiger partial charge in [0.2, 0.25) is 5.91 Å². The normalized spacial score (nSPS) is 15.5. The van der Waals surface area contributed by atoms with E-state index in [9.17, 15) is 9.59 Å². The number of carboxylic acid groups (broad SMARTS) is 1. The van der Waals surface area contributed by atoms with E-state index < -0.39 is 24.0 Å². The number of rotatable bonds is 4. The Hall–Kier alpha value is -1.14. The molecule has 0 rings (SSSR count). The molecular weight excluding hydrogens is 152 g/mol. The molecule has 5 N–H and O–H groups in total. The average Bonchev–Trinajstić information content (AvgIpc) is 1.88. The number of primary amides is 1. The van der Waals surface area contributed by atoms with Crippen LogP contribution in [0.15, 0.2) is 0 Å². The quantitative estimate of drug-likeness (QED) is 0.438. The summed E-state index contributed by atoms with van der Waals surface area (Å²) in [5.74, 6) is -2.21. The van der Waals surface area contributed by atoms with Crippen molar-refractivity contribution in [2.45, 2.75) is 12.1 Å². The van der Waals surface area contributed by atoms with Gasteiger partial charge in [-0.3, -0.25) is 9.59 Å². The molecule has 0 aromatic heterocycles. The van der Waals surface area contributed by atoms with Crippen molar-refractivity contribution in [1.29, 1.82) is 0 Å². The molecule has 1 amide bonds. The molecule has 64 valence electrons. The summed E-state index contributed by atoms with van der Waals surface area (Å²) >= 11 is 0. The smallest absolute Gasteiger partial charge is 0.323 e. The van der Waals surface area contributed by atoms with Gasteiger partial charge in [-0.15, -0.1) is 0 Å². The lowest BCUT2D eigenvalue weighted by Crippen LogP contribution is -2.49. The predicted octanol–water partition coefficient (Wildman–Crippen LogP) is -2.10. The van der Waals surface area contributed by atoms with E-state index in [1.165, 1.54) is 0 Å². The number of hydrogen-bond donors (Lipinski definition) is 3. The molecule has 11 heavy (non-hydrogen) atoms. The lowest BCUT2D eigenvalue weighted by atomic mass is 10.1. The van der Waals surface area contributed by atoms with Gasteiger partial charge in [0.05, 0.1) is 0 Å². The van der Waals surface area contributed by atoms with E-state index in [1.807, 2.05) is 0 Å². The molecule has 0 saturated carbocycles. The van der Waals surface area contributed by atoms with Crippen molar-refractivity contribution in [2.24, 2.45) is 11.5 Å². The standard InChI is InChI=1S/C5H10N2O4/c1-11-3(4(7)8)2(6)5(9)10/h2-3H,6H2,1H3,(H2,7,8)(H,9,10)/t2-,3?/m0/s1. The molecule has 0 aliphatic heterocycles. The minimum Gasteiger partial charge on any atom is -0.480 e. The molecule has 0 heterocycles. The molecule has 0 radical (unpaired) electrons. The highest BCUT2D eigenvalue weighted by atomic mass is 16.5. The third-order valence-electron chi connectivity index (χ3n) is 1.15. The monoisotopic (exact) mass is 162 g/mol. The maximum absolute atomic E-state index is 10.4. The van der Waals surface area contributed by atoms with Gasteiger partial charge in [0.25, 0.3) is 0 Å². The summed E-state index contributed by atoms with van der Waals surface area (Å²) in [6.07, 6.45) is -1.27. The number of amides is 1. The highest BCUT2D eigenvalue weighted by Gasteiger charge is 2.28. The summed E-state index contributed by atoms with van der Waals surface area (Å²) in [4.78, 5) is 20.6. The van der Waals surface area contributed by atoms with Gasteiger partial charge in [0.15, 0.2) is 6.10 Å². The SMILES string of the molecule is COC(C(N)=O)[C@H](N)C(=O)O. The molecule has 0 spiro atoms. The first kappa shape index (κ1) is 9.86. The zero-order valence-electron chi connectivity index (χ0n) is 5.98. The fraction of sp³-hybridized carbons (Fsp3) is 0.600. The molecule has 6 nitrogen and oxygen atoms in total. The first-order chi connectivity index (χ1) is 5.00. The number of ether oxygens (including phenoxy) is 1. The first-order valence-corrected chi connectivity index (χ1v) is 2.81. The summed E-state index contributed by atoms with van der Waals surface area (Å²) in [5.41, 5.74) is 9.83. The first-order valence-electron chi connectivity index (χ1n) is 2.81. The minimum absolute atomic E-state index is 0.887. The fourth-order valence-corrected chi connectivity index (χ4v) is 0.569. The van der Waals surface area contributed by atoms with E-state index in [-0.39, 0.29) is 0 Å². The second-order valence-corrected chi connectivity index (χ2v) is 1.92. The molecule has 0 aromatic carbocycles. The van der Waals surface area contributed by atoms with Crippen LogP contribution in [0.2, 0.25) is 0 Å². The van der Waals surface area contributed by atoms with Crippen molar-refractivity contribution in [1.82, 2.24) is 0 Å². The number of carbonyl (C=O) groups is 2. The second-order valence-electron chi connectivity index (χ2n) is 1.92. The van der Waals surface area contributed by atoms with Gasteiger partial charge in [-0.1, -0.05) is 0 Å². The number of aliphatic carboxylic acids is 1. The van der Waals surface area contributed by atoms with Crippen LogP contribution >= 0.6 is 0 Å². The molecule has 0 saturated heterocycles. The number of carbonyl (C=O) groups excluding carboxylic acids is 1. The highest BCUT2D eigenvalue weighted by molar-refractivity contribution is 5.87. The van der Waals surface area contributed by atoms with Crippen LogP contribution in [-0.4, -0.2) is 36.2 Å². The molecule has 2 atom stereocenters. The molecule has 0 aliphatic rings. The van der Waals surface area contributed by atoms with Crippen LogP contribution in [0, 0.1) is 0 Å². The third-order valence-corrected chi connectivity index (χ3v) is 1.15. The van der Waals surface area contributed by atoms with Crippen LogP contribution < -0.4 is 11.5 Å². The summed E-state index contributed by atoms with van der Waals surface area (Å²) in [7, 11) is 1.16. The Morgan fingerprint density at radius 3 is 2.09 bits per heavy atom. The van der Waals surface area contributed by atoms with Crippen molar-refractivity contribution < 1.29 is 19.4 Å². The van der Waals surface area contributed by atoms with E-state index >= 15 is 0 Å². The lowest BCUT2D eigenvalue weighted by Gasteiger charge is -2.14. The van der Waals surface area contributed by atoms with E-state index in [0.717, 1.165) is 7.11 Å². The zero-order chi connectivity index (χ0) is 9.02. The maximum atomic E-state index is 10.4. The van der Waals surface area contributed by atoms with Gasteiger partial charge in [-0.2, -0.15) is 0 Å². The van der Waals surface area contributed by atoms with Crippen molar-refractivity contribution >= 4 is 11.9 Å². The largest absolute Gasteiger partial charge is 0.480 e. The lowest BCUT2D eigenvalue weighted by molar-refractivity contribution is -0.146. The minimum atomic E-state index is -1.41. The Balaban J connectivity index is 4.25. The zero-order valence-corrected chi connectivity index (χ0v) is 5.98. The number of carboxylic acids is 1. The predicted molar refractivity (Wildman–Crippen MR) is 35.6 cm³/mol. The van der Waals surface area contributed by atoms with Crippen molar-refractivity contribution in [2.75, 3.05) is 7.11 Å². The van der Waals surface area contributed by atoms with Crippen LogP contribution in [0.5, 0.6) is 0 Å². The third kappa shape index (κ3) is 2.52. The van der Waals surface area contributed by atoms with Crippen molar-refractivity contribution in [3.8, 4) is 0 Å². The highest BCUT2D eigenvalue weighted by Crippen LogP contribution is 1.94.